The van der Waals surface area contributed by atoms with Gasteiger partial charge in [0.05, 0.1) is 13.2 Å². The second kappa shape index (κ2) is 10.8. The molecule has 6 heteroatoms. The Morgan fingerprint density at radius 2 is 1.81 bits per heavy atom. The SMILES string of the molecule is CCN(CC)[C@@H](CNC(=O)COc1ccc(Cl)cc1)c1cccc(OC)c1. The molecule has 0 unspecified atom stereocenters. The summed E-state index contributed by atoms with van der Waals surface area (Å²) in [5.41, 5.74) is 1.11. The molecular weight excluding hydrogens is 364 g/mol. The second-order valence-electron chi connectivity index (χ2n) is 6.06. The highest BCUT2D eigenvalue weighted by molar-refractivity contribution is 6.30. The zero-order valence-electron chi connectivity index (χ0n) is 16.1. The Morgan fingerprint density at radius 3 is 2.44 bits per heavy atom. The average Bonchev–Trinajstić information content (AvgIpc) is 2.70. The van der Waals surface area contributed by atoms with Gasteiger partial charge in [-0.15, -0.1) is 0 Å². The highest BCUT2D eigenvalue weighted by Gasteiger charge is 2.19. The van der Waals surface area contributed by atoms with Gasteiger partial charge in [-0.25, -0.2) is 0 Å². The van der Waals surface area contributed by atoms with E-state index in [1.54, 1.807) is 31.4 Å². The van der Waals surface area contributed by atoms with Gasteiger partial charge in [-0.2, -0.15) is 0 Å². The van der Waals surface area contributed by atoms with Gasteiger partial charge in [-0.05, 0) is 55.1 Å². The molecule has 1 N–H and O–H groups in total. The predicted molar refractivity (Wildman–Crippen MR) is 109 cm³/mol. The fraction of sp³-hybridized carbons (Fsp3) is 0.381. The summed E-state index contributed by atoms with van der Waals surface area (Å²) in [6.07, 6.45) is 0. The van der Waals surface area contributed by atoms with E-state index in [0.29, 0.717) is 17.3 Å². The molecule has 27 heavy (non-hydrogen) atoms. The van der Waals surface area contributed by atoms with Crippen LogP contribution < -0.4 is 14.8 Å². The number of hydrogen-bond acceptors (Lipinski definition) is 4. The van der Waals surface area contributed by atoms with Crippen LogP contribution in [-0.4, -0.2) is 44.2 Å². The Bertz CT molecular complexity index is 718. The molecule has 0 saturated heterocycles. The van der Waals surface area contributed by atoms with Crippen LogP contribution in [0.3, 0.4) is 0 Å². The molecule has 0 fully saturated rings. The molecule has 0 aliphatic carbocycles. The van der Waals surface area contributed by atoms with E-state index in [4.69, 9.17) is 21.1 Å². The first-order chi connectivity index (χ1) is 13.1. The van der Waals surface area contributed by atoms with Crippen molar-refractivity contribution < 1.29 is 14.3 Å². The summed E-state index contributed by atoms with van der Waals surface area (Å²) in [6.45, 7) is 6.46. The van der Waals surface area contributed by atoms with Crippen LogP contribution in [-0.2, 0) is 4.79 Å². The summed E-state index contributed by atoms with van der Waals surface area (Å²) in [5.74, 6) is 1.26. The first-order valence-electron chi connectivity index (χ1n) is 9.10. The molecule has 1 atom stereocenters. The summed E-state index contributed by atoms with van der Waals surface area (Å²) in [7, 11) is 1.65. The molecule has 146 valence electrons. The molecule has 0 spiro atoms. The van der Waals surface area contributed by atoms with Crippen LogP contribution in [0.2, 0.25) is 5.02 Å². The van der Waals surface area contributed by atoms with Crippen molar-refractivity contribution in [1.29, 1.82) is 0 Å². The van der Waals surface area contributed by atoms with Gasteiger partial charge in [0.15, 0.2) is 6.61 Å². The van der Waals surface area contributed by atoms with E-state index in [9.17, 15) is 4.79 Å². The molecule has 0 aliphatic rings. The van der Waals surface area contributed by atoms with Crippen molar-refractivity contribution in [3.8, 4) is 11.5 Å². The van der Waals surface area contributed by atoms with Crippen molar-refractivity contribution in [1.82, 2.24) is 10.2 Å². The standard InChI is InChI=1S/C21H27ClN2O3/c1-4-24(5-2)20(16-7-6-8-19(13-16)26-3)14-23-21(25)15-27-18-11-9-17(22)10-12-18/h6-13,20H,4-5,14-15H2,1-3H3,(H,23,25)/t20-/m0/s1. The van der Waals surface area contributed by atoms with Crippen molar-refractivity contribution in [2.24, 2.45) is 0 Å². The van der Waals surface area contributed by atoms with E-state index in [-0.39, 0.29) is 18.6 Å². The smallest absolute Gasteiger partial charge is 0.258 e. The Kier molecular flexibility index (Phi) is 8.43. The second-order valence-corrected chi connectivity index (χ2v) is 6.50. The molecule has 1 amide bonds. The minimum absolute atomic E-state index is 0.0370. The fourth-order valence-electron chi connectivity index (χ4n) is 2.91. The van der Waals surface area contributed by atoms with Crippen LogP contribution in [0.5, 0.6) is 11.5 Å². The highest BCUT2D eigenvalue weighted by Crippen LogP contribution is 2.23. The van der Waals surface area contributed by atoms with E-state index in [1.807, 2.05) is 18.2 Å². The highest BCUT2D eigenvalue weighted by atomic mass is 35.5. The van der Waals surface area contributed by atoms with Crippen LogP contribution in [0, 0.1) is 0 Å². The maximum atomic E-state index is 12.2. The van der Waals surface area contributed by atoms with Crippen LogP contribution in [0.1, 0.15) is 25.5 Å². The van der Waals surface area contributed by atoms with Crippen LogP contribution in [0.25, 0.3) is 0 Å². The van der Waals surface area contributed by atoms with Crippen molar-refractivity contribution in [2.45, 2.75) is 19.9 Å². The summed E-state index contributed by atoms with van der Waals surface area (Å²) >= 11 is 5.85. The van der Waals surface area contributed by atoms with Gasteiger partial charge < -0.3 is 14.8 Å². The summed E-state index contributed by atoms with van der Waals surface area (Å²) in [4.78, 5) is 14.5. The number of benzene rings is 2. The summed E-state index contributed by atoms with van der Waals surface area (Å²) in [5, 5.41) is 3.61. The van der Waals surface area contributed by atoms with Gasteiger partial charge in [0, 0.05) is 11.6 Å². The number of ether oxygens (including phenoxy) is 2. The van der Waals surface area contributed by atoms with Crippen LogP contribution >= 0.6 is 11.6 Å². The molecule has 0 bridgehead atoms. The predicted octanol–water partition coefficient (Wildman–Crippen LogP) is 3.93. The summed E-state index contributed by atoms with van der Waals surface area (Å²) in [6, 6.07) is 15.0. The first-order valence-corrected chi connectivity index (χ1v) is 9.48. The van der Waals surface area contributed by atoms with Gasteiger partial charge >= 0.3 is 0 Å². The topological polar surface area (TPSA) is 50.8 Å². The fourth-order valence-corrected chi connectivity index (χ4v) is 3.04. The molecule has 0 saturated carbocycles. The Hall–Kier alpha value is -2.24. The molecule has 5 nitrogen and oxygen atoms in total. The number of hydrogen-bond donors (Lipinski definition) is 1. The van der Waals surface area contributed by atoms with E-state index in [2.05, 4.69) is 30.1 Å². The number of nitrogens with one attached hydrogen (secondary N) is 1. The van der Waals surface area contributed by atoms with Crippen molar-refractivity contribution >= 4 is 17.5 Å². The number of amides is 1. The van der Waals surface area contributed by atoms with Crippen LogP contribution in [0.4, 0.5) is 0 Å². The molecule has 0 aromatic heterocycles. The summed E-state index contributed by atoms with van der Waals surface area (Å²) < 4.78 is 10.8. The lowest BCUT2D eigenvalue weighted by Gasteiger charge is -2.30. The molecule has 2 aromatic carbocycles. The van der Waals surface area contributed by atoms with E-state index in [1.165, 1.54) is 0 Å². The van der Waals surface area contributed by atoms with Gasteiger partial charge in [-0.3, -0.25) is 9.69 Å². The van der Waals surface area contributed by atoms with Crippen molar-refractivity contribution in [3.63, 3.8) is 0 Å². The molecular formula is C21H27ClN2O3. The first kappa shape index (κ1) is 21.1. The molecule has 2 aromatic rings. The average molecular weight is 391 g/mol. The number of likely N-dealkylation sites (N-methyl/N-ethyl adjacent to an activating group) is 1. The zero-order valence-corrected chi connectivity index (χ0v) is 16.8. The third kappa shape index (κ3) is 6.45. The molecule has 0 aliphatic heterocycles. The number of rotatable bonds is 10. The Labute approximate surface area is 166 Å². The monoisotopic (exact) mass is 390 g/mol. The quantitative estimate of drug-likeness (QED) is 0.667. The van der Waals surface area contributed by atoms with E-state index >= 15 is 0 Å². The van der Waals surface area contributed by atoms with Gasteiger partial charge in [0.2, 0.25) is 0 Å². The largest absolute Gasteiger partial charge is 0.497 e. The lowest BCUT2D eigenvalue weighted by molar-refractivity contribution is -0.123. The lowest BCUT2D eigenvalue weighted by Crippen LogP contribution is -2.39. The van der Waals surface area contributed by atoms with Gasteiger partial charge in [0.1, 0.15) is 11.5 Å². The third-order valence-electron chi connectivity index (χ3n) is 4.41. The maximum absolute atomic E-state index is 12.2. The number of carbonyl (C=O) groups is 1. The molecule has 0 heterocycles. The zero-order chi connectivity index (χ0) is 19.6. The number of methoxy groups -OCH3 is 1. The van der Waals surface area contributed by atoms with Crippen molar-refractivity contribution in [2.75, 3.05) is 33.4 Å². The lowest BCUT2D eigenvalue weighted by atomic mass is 10.0. The number of halogens is 1. The van der Waals surface area contributed by atoms with Crippen molar-refractivity contribution in [3.05, 3.63) is 59.1 Å². The Balaban J connectivity index is 1.97. The van der Waals surface area contributed by atoms with Crippen LogP contribution in [0.15, 0.2) is 48.5 Å². The van der Waals surface area contributed by atoms with Gasteiger partial charge in [-0.1, -0.05) is 37.6 Å². The minimum Gasteiger partial charge on any atom is -0.497 e. The Morgan fingerprint density at radius 1 is 1.11 bits per heavy atom. The van der Waals surface area contributed by atoms with Gasteiger partial charge in [0.25, 0.3) is 5.91 Å². The molecule has 2 rings (SSSR count). The van der Waals surface area contributed by atoms with E-state index in [0.717, 1.165) is 24.4 Å². The third-order valence-corrected chi connectivity index (χ3v) is 4.66. The molecule has 0 radical (unpaired) electrons. The number of carbonyl (C=O) groups excluding carboxylic acids is 1. The maximum Gasteiger partial charge on any atom is 0.258 e. The minimum atomic E-state index is -0.162. The number of nitrogens with zero attached hydrogens (tertiary/aromatic N) is 1. The van der Waals surface area contributed by atoms with E-state index < -0.39 is 0 Å². The normalized spacial score (nSPS) is 11.9.